The molecule has 5 heteroatoms. The maximum absolute atomic E-state index is 11.1. The average molecular weight is 239 g/mol. The van der Waals surface area contributed by atoms with Gasteiger partial charge in [-0.1, -0.05) is 18.7 Å². The lowest BCUT2D eigenvalue weighted by molar-refractivity contribution is 0.463. The number of thioether (sulfide) groups is 1. The lowest BCUT2D eigenvalue weighted by atomic mass is 10.1. The smallest absolute Gasteiger partial charge is 0.251 e. The van der Waals surface area contributed by atoms with E-state index in [1.165, 1.54) is 18.9 Å². The molecule has 0 aromatic carbocycles. The highest BCUT2D eigenvalue weighted by atomic mass is 32.2. The molecule has 0 radical (unpaired) electrons. The molecule has 16 heavy (non-hydrogen) atoms. The van der Waals surface area contributed by atoms with Crippen LogP contribution >= 0.6 is 11.8 Å². The number of hydrogen-bond donors (Lipinski definition) is 2. The Balaban J connectivity index is 2.03. The van der Waals surface area contributed by atoms with Gasteiger partial charge in [0.15, 0.2) is 5.16 Å². The van der Waals surface area contributed by atoms with Crippen LogP contribution in [0.1, 0.15) is 19.8 Å². The second-order valence-electron chi connectivity index (χ2n) is 4.23. The normalized spacial score (nSPS) is 29.5. The third kappa shape index (κ3) is 2.47. The van der Waals surface area contributed by atoms with Crippen molar-refractivity contribution in [1.29, 1.82) is 0 Å². The Morgan fingerprint density at radius 3 is 3.00 bits per heavy atom. The van der Waals surface area contributed by atoms with E-state index in [2.05, 4.69) is 22.2 Å². The second kappa shape index (κ2) is 5.01. The van der Waals surface area contributed by atoms with Crippen molar-refractivity contribution >= 4 is 11.8 Å². The summed E-state index contributed by atoms with van der Waals surface area (Å²) >= 11 is 1.69. The molecule has 1 heterocycles. The van der Waals surface area contributed by atoms with Crippen LogP contribution in [0.2, 0.25) is 0 Å². The lowest BCUT2D eigenvalue weighted by Crippen LogP contribution is -2.30. The fourth-order valence-corrected chi connectivity index (χ4v) is 3.48. The minimum absolute atomic E-state index is 0.0756. The number of rotatable bonds is 3. The first kappa shape index (κ1) is 11.7. The van der Waals surface area contributed by atoms with Crippen LogP contribution in [0.15, 0.2) is 22.2 Å². The van der Waals surface area contributed by atoms with Gasteiger partial charge >= 0.3 is 0 Å². The minimum atomic E-state index is -0.0756. The van der Waals surface area contributed by atoms with Crippen LogP contribution in [0.25, 0.3) is 0 Å². The second-order valence-corrected chi connectivity index (χ2v) is 5.46. The van der Waals surface area contributed by atoms with Gasteiger partial charge in [-0.05, 0) is 25.8 Å². The van der Waals surface area contributed by atoms with Crippen LogP contribution in [-0.4, -0.2) is 28.3 Å². The van der Waals surface area contributed by atoms with E-state index in [-0.39, 0.29) is 5.56 Å². The quantitative estimate of drug-likeness (QED) is 0.779. The number of H-pyrrole nitrogens is 1. The van der Waals surface area contributed by atoms with Gasteiger partial charge in [-0.3, -0.25) is 4.79 Å². The third-order valence-electron chi connectivity index (χ3n) is 3.26. The molecule has 2 N–H and O–H groups in total. The van der Waals surface area contributed by atoms with Gasteiger partial charge in [0.05, 0.1) is 0 Å². The molecule has 1 aliphatic rings. The molecule has 0 aliphatic heterocycles. The van der Waals surface area contributed by atoms with Gasteiger partial charge in [0.1, 0.15) is 0 Å². The van der Waals surface area contributed by atoms with Gasteiger partial charge in [-0.2, -0.15) is 0 Å². The summed E-state index contributed by atoms with van der Waals surface area (Å²) in [5, 5.41) is 4.62. The summed E-state index contributed by atoms with van der Waals surface area (Å²) < 4.78 is 0. The molecule has 88 valence electrons. The molecule has 0 amide bonds. The van der Waals surface area contributed by atoms with Gasteiger partial charge in [0.25, 0.3) is 5.56 Å². The van der Waals surface area contributed by atoms with E-state index in [0.29, 0.717) is 17.2 Å². The molecule has 4 nitrogen and oxygen atoms in total. The molecule has 2 rings (SSSR count). The van der Waals surface area contributed by atoms with E-state index in [4.69, 9.17) is 0 Å². The van der Waals surface area contributed by atoms with Crippen LogP contribution in [0.3, 0.4) is 0 Å². The Morgan fingerprint density at radius 1 is 1.56 bits per heavy atom. The number of aromatic amines is 1. The van der Waals surface area contributed by atoms with Crippen LogP contribution in [0.4, 0.5) is 0 Å². The van der Waals surface area contributed by atoms with Crippen LogP contribution in [-0.2, 0) is 0 Å². The van der Waals surface area contributed by atoms with Crippen molar-refractivity contribution in [3.8, 4) is 0 Å². The topological polar surface area (TPSA) is 57.8 Å². The molecular weight excluding hydrogens is 222 g/mol. The van der Waals surface area contributed by atoms with Crippen LogP contribution in [0, 0.1) is 5.92 Å². The zero-order valence-corrected chi connectivity index (χ0v) is 10.4. The minimum Gasteiger partial charge on any atom is -0.317 e. The van der Waals surface area contributed by atoms with Gasteiger partial charge in [-0.25, -0.2) is 4.98 Å². The first-order chi connectivity index (χ1) is 7.70. The molecule has 1 saturated carbocycles. The zero-order valence-electron chi connectivity index (χ0n) is 9.56. The molecule has 3 unspecified atom stereocenters. The van der Waals surface area contributed by atoms with E-state index in [1.54, 1.807) is 18.0 Å². The molecule has 1 fully saturated rings. The highest BCUT2D eigenvalue weighted by Gasteiger charge is 2.32. The Kier molecular flexibility index (Phi) is 3.66. The summed E-state index contributed by atoms with van der Waals surface area (Å²) in [6.45, 7) is 2.26. The Morgan fingerprint density at radius 2 is 2.38 bits per heavy atom. The van der Waals surface area contributed by atoms with Gasteiger partial charge in [0.2, 0.25) is 0 Å². The highest BCUT2D eigenvalue weighted by Crippen LogP contribution is 2.37. The summed E-state index contributed by atoms with van der Waals surface area (Å²) in [4.78, 5) is 18.1. The summed E-state index contributed by atoms with van der Waals surface area (Å²) in [5.41, 5.74) is -0.0756. The van der Waals surface area contributed by atoms with Crippen molar-refractivity contribution in [3.63, 3.8) is 0 Å². The summed E-state index contributed by atoms with van der Waals surface area (Å²) in [5.74, 6) is 0.612. The fraction of sp³-hybridized carbons (Fsp3) is 0.636. The number of hydrogen-bond acceptors (Lipinski definition) is 4. The summed E-state index contributed by atoms with van der Waals surface area (Å²) in [6.07, 6.45) is 3.94. The van der Waals surface area contributed by atoms with Crippen molar-refractivity contribution in [2.75, 3.05) is 7.05 Å². The highest BCUT2D eigenvalue weighted by molar-refractivity contribution is 7.99. The summed E-state index contributed by atoms with van der Waals surface area (Å²) in [6, 6.07) is 2.03. The predicted molar refractivity (Wildman–Crippen MR) is 65.7 cm³/mol. The van der Waals surface area contributed by atoms with Crippen molar-refractivity contribution in [2.24, 2.45) is 5.92 Å². The molecule has 3 atom stereocenters. The van der Waals surface area contributed by atoms with Gasteiger partial charge in [-0.15, -0.1) is 0 Å². The average Bonchev–Trinajstić information content (AvgIpc) is 2.60. The molecule has 1 aliphatic carbocycles. The SMILES string of the molecule is CNC1CCC(Sc2nccc(=O)[nH]2)C1C. The molecule has 0 bridgehead atoms. The fourth-order valence-electron chi connectivity index (χ4n) is 2.26. The van der Waals surface area contributed by atoms with Crippen molar-refractivity contribution in [3.05, 3.63) is 22.6 Å². The van der Waals surface area contributed by atoms with E-state index >= 15 is 0 Å². The Hall–Kier alpha value is -0.810. The molecule has 0 spiro atoms. The zero-order chi connectivity index (χ0) is 11.5. The van der Waals surface area contributed by atoms with Crippen molar-refractivity contribution in [1.82, 2.24) is 15.3 Å². The Bertz CT molecular complexity index is 406. The third-order valence-corrected chi connectivity index (χ3v) is 4.66. The predicted octanol–water partition coefficient (Wildman–Crippen LogP) is 1.25. The van der Waals surface area contributed by atoms with Crippen molar-refractivity contribution in [2.45, 2.75) is 36.2 Å². The number of aromatic nitrogens is 2. The summed E-state index contributed by atoms with van der Waals surface area (Å²) in [7, 11) is 2.01. The van der Waals surface area contributed by atoms with E-state index in [1.807, 2.05) is 7.05 Å². The van der Waals surface area contributed by atoms with Gasteiger partial charge < -0.3 is 10.3 Å². The van der Waals surface area contributed by atoms with Crippen LogP contribution in [0.5, 0.6) is 0 Å². The van der Waals surface area contributed by atoms with Crippen LogP contribution < -0.4 is 10.9 Å². The number of nitrogens with zero attached hydrogens (tertiary/aromatic N) is 1. The standard InChI is InChI=1S/C11H17N3OS/c1-7-8(12-2)3-4-9(7)16-11-13-6-5-10(15)14-11/h5-9,12H,3-4H2,1-2H3,(H,13,14,15). The lowest BCUT2D eigenvalue weighted by Gasteiger charge is -2.19. The molecule has 1 aromatic rings. The molecular formula is C11H17N3OS. The maximum atomic E-state index is 11.1. The van der Waals surface area contributed by atoms with Crippen molar-refractivity contribution < 1.29 is 0 Å². The van der Waals surface area contributed by atoms with E-state index < -0.39 is 0 Å². The van der Waals surface area contributed by atoms with E-state index in [9.17, 15) is 4.79 Å². The largest absolute Gasteiger partial charge is 0.317 e. The number of nitrogens with one attached hydrogen (secondary N) is 2. The molecule has 1 aromatic heterocycles. The maximum Gasteiger partial charge on any atom is 0.251 e. The Labute approximate surface area is 99.3 Å². The first-order valence-corrected chi connectivity index (χ1v) is 6.48. The first-order valence-electron chi connectivity index (χ1n) is 5.60. The molecule has 0 saturated heterocycles. The monoisotopic (exact) mass is 239 g/mol. The van der Waals surface area contributed by atoms with E-state index in [0.717, 1.165) is 5.16 Å². The van der Waals surface area contributed by atoms with Gasteiger partial charge in [0, 0.05) is 23.6 Å².